The van der Waals surface area contributed by atoms with Crippen molar-refractivity contribution in [1.82, 2.24) is 4.72 Å². The molecule has 0 aromatic heterocycles. The summed E-state index contributed by atoms with van der Waals surface area (Å²) in [6, 6.07) is 7.06. The van der Waals surface area contributed by atoms with Crippen molar-refractivity contribution in [3.8, 4) is 0 Å². The second-order valence-electron chi connectivity index (χ2n) is 5.88. The van der Waals surface area contributed by atoms with Gasteiger partial charge in [0.25, 0.3) is 0 Å². The molecule has 0 amide bonds. The molecule has 2 saturated carbocycles. The van der Waals surface area contributed by atoms with E-state index in [9.17, 15) is 8.42 Å². The van der Waals surface area contributed by atoms with Gasteiger partial charge in [0, 0.05) is 23.8 Å². The van der Waals surface area contributed by atoms with Crippen LogP contribution in [0.5, 0.6) is 0 Å². The summed E-state index contributed by atoms with van der Waals surface area (Å²) in [5.74, 6) is 0. The third kappa shape index (κ3) is 2.82. The van der Waals surface area contributed by atoms with Gasteiger partial charge < -0.3 is 11.1 Å². The number of benzene rings is 1. The molecule has 110 valence electrons. The van der Waals surface area contributed by atoms with Crippen molar-refractivity contribution in [2.75, 3.05) is 11.9 Å². The zero-order valence-electron chi connectivity index (χ0n) is 11.4. The van der Waals surface area contributed by atoms with Crippen LogP contribution in [0, 0.1) is 0 Å². The quantitative estimate of drug-likeness (QED) is 0.741. The molecule has 0 heterocycles. The Hall–Kier alpha value is -1.11. The Kier molecular flexibility index (Phi) is 3.48. The van der Waals surface area contributed by atoms with E-state index in [0.717, 1.165) is 31.4 Å². The predicted octanol–water partition coefficient (Wildman–Crippen LogP) is 1.42. The zero-order valence-corrected chi connectivity index (χ0v) is 12.2. The molecule has 2 aliphatic carbocycles. The number of hydrogen-bond donors (Lipinski definition) is 3. The Morgan fingerprint density at radius 3 is 2.30 bits per heavy atom. The Bertz CT molecular complexity index is 569. The highest BCUT2D eigenvalue weighted by Crippen LogP contribution is 2.34. The van der Waals surface area contributed by atoms with Crippen LogP contribution in [0.25, 0.3) is 0 Å². The van der Waals surface area contributed by atoms with Crippen LogP contribution in [-0.4, -0.2) is 26.5 Å². The molecule has 4 N–H and O–H groups in total. The van der Waals surface area contributed by atoms with Crippen molar-refractivity contribution in [3.63, 3.8) is 0 Å². The third-order valence-electron chi connectivity index (χ3n) is 4.17. The van der Waals surface area contributed by atoms with Crippen molar-refractivity contribution in [1.29, 1.82) is 0 Å². The lowest BCUT2D eigenvalue weighted by atomic mass is 9.76. The molecule has 20 heavy (non-hydrogen) atoms. The number of hydrogen-bond acceptors (Lipinski definition) is 4. The average Bonchev–Trinajstić information content (AvgIpc) is 3.18. The van der Waals surface area contributed by atoms with Gasteiger partial charge in [-0.15, -0.1) is 0 Å². The van der Waals surface area contributed by atoms with Gasteiger partial charge in [-0.3, -0.25) is 0 Å². The Balaban J connectivity index is 1.70. The Morgan fingerprint density at radius 1 is 1.20 bits per heavy atom. The second kappa shape index (κ2) is 5.02. The highest BCUT2D eigenvalue weighted by Gasteiger charge is 2.35. The maximum Gasteiger partial charge on any atom is 0.240 e. The summed E-state index contributed by atoms with van der Waals surface area (Å²) in [7, 11) is -3.36. The van der Waals surface area contributed by atoms with Crippen LogP contribution < -0.4 is 15.8 Å². The predicted molar refractivity (Wildman–Crippen MR) is 79.0 cm³/mol. The van der Waals surface area contributed by atoms with Gasteiger partial charge in [0.05, 0.1) is 4.90 Å². The lowest BCUT2D eigenvalue weighted by Gasteiger charge is -2.42. The Morgan fingerprint density at radius 2 is 1.85 bits per heavy atom. The normalized spacial score (nSPS) is 21.2. The smallest absolute Gasteiger partial charge is 0.240 e. The summed E-state index contributed by atoms with van der Waals surface area (Å²) in [5.41, 5.74) is 6.75. The monoisotopic (exact) mass is 295 g/mol. The van der Waals surface area contributed by atoms with Gasteiger partial charge in [-0.2, -0.15) is 0 Å². The molecule has 0 bridgehead atoms. The van der Waals surface area contributed by atoms with Gasteiger partial charge in [0.15, 0.2) is 0 Å². The van der Waals surface area contributed by atoms with Gasteiger partial charge in [-0.05, 0) is 56.4 Å². The molecule has 0 spiro atoms. The van der Waals surface area contributed by atoms with E-state index in [-0.39, 0.29) is 11.6 Å². The van der Waals surface area contributed by atoms with Gasteiger partial charge in [-0.25, -0.2) is 13.1 Å². The van der Waals surface area contributed by atoms with Crippen LogP contribution in [-0.2, 0) is 10.0 Å². The molecule has 0 aliphatic heterocycles. The topological polar surface area (TPSA) is 84.2 Å². The van der Waals surface area contributed by atoms with Crippen molar-refractivity contribution in [3.05, 3.63) is 24.3 Å². The summed E-state index contributed by atoms with van der Waals surface area (Å²) in [5, 5.41) is 3.43. The first kappa shape index (κ1) is 13.9. The molecule has 3 rings (SSSR count). The minimum atomic E-state index is -3.36. The largest absolute Gasteiger partial charge is 0.378 e. The van der Waals surface area contributed by atoms with Crippen molar-refractivity contribution >= 4 is 15.7 Å². The van der Waals surface area contributed by atoms with E-state index < -0.39 is 10.0 Å². The third-order valence-corrected chi connectivity index (χ3v) is 5.71. The van der Waals surface area contributed by atoms with Crippen LogP contribution in [0.15, 0.2) is 29.2 Å². The number of anilines is 1. The molecule has 5 nitrogen and oxygen atoms in total. The van der Waals surface area contributed by atoms with Crippen molar-refractivity contribution < 1.29 is 8.42 Å². The summed E-state index contributed by atoms with van der Waals surface area (Å²) in [6.07, 6.45) is 5.23. The molecule has 0 radical (unpaired) electrons. The van der Waals surface area contributed by atoms with Gasteiger partial charge in [0.1, 0.15) is 0 Å². The molecule has 2 fully saturated rings. The van der Waals surface area contributed by atoms with E-state index in [1.807, 2.05) is 12.1 Å². The van der Waals surface area contributed by atoms with Crippen molar-refractivity contribution in [2.24, 2.45) is 5.73 Å². The van der Waals surface area contributed by atoms with Crippen molar-refractivity contribution in [2.45, 2.75) is 48.6 Å². The molecule has 0 saturated heterocycles. The molecule has 1 aromatic carbocycles. The standard InChI is InChI=1S/C14H21N3O2S/c15-10-14(8-1-9-14)16-11-4-6-13(7-5-11)20(18,19)17-12-2-3-12/h4-7,12,16-17H,1-3,8-10,15H2. The summed E-state index contributed by atoms with van der Waals surface area (Å²) in [6.45, 7) is 0.607. The lowest BCUT2D eigenvalue weighted by molar-refractivity contribution is 0.287. The van der Waals surface area contributed by atoms with Gasteiger partial charge >= 0.3 is 0 Å². The lowest BCUT2D eigenvalue weighted by Crippen LogP contribution is -2.51. The van der Waals surface area contributed by atoms with Gasteiger partial charge in [-0.1, -0.05) is 0 Å². The molecule has 2 aliphatic rings. The van der Waals surface area contributed by atoms with E-state index in [1.54, 1.807) is 12.1 Å². The van der Waals surface area contributed by atoms with Crippen LogP contribution in [0.4, 0.5) is 5.69 Å². The summed E-state index contributed by atoms with van der Waals surface area (Å²) >= 11 is 0. The average molecular weight is 295 g/mol. The van der Waals surface area contributed by atoms with E-state index in [1.165, 1.54) is 6.42 Å². The number of rotatable bonds is 6. The minimum Gasteiger partial charge on any atom is -0.378 e. The van der Waals surface area contributed by atoms with Crippen LogP contribution in [0.1, 0.15) is 32.1 Å². The molecule has 6 heteroatoms. The van der Waals surface area contributed by atoms with Crippen LogP contribution >= 0.6 is 0 Å². The van der Waals surface area contributed by atoms with E-state index >= 15 is 0 Å². The summed E-state index contributed by atoms with van der Waals surface area (Å²) < 4.78 is 26.8. The first-order chi connectivity index (χ1) is 9.53. The number of sulfonamides is 1. The van der Waals surface area contributed by atoms with Gasteiger partial charge in [0.2, 0.25) is 10.0 Å². The number of nitrogens with one attached hydrogen (secondary N) is 2. The zero-order chi connectivity index (χ0) is 14.2. The van der Waals surface area contributed by atoms with E-state index in [4.69, 9.17) is 5.73 Å². The maximum absolute atomic E-state index is 12.1. The molecule has 0 atom stereocenters. The molecule has 0 unspecified atom stereocenters. The summed E-state index contributed by atoms with van der Waals surface area (Å²) in [4.78, 5) is 0.324. The fourth-order valence-electron chi connectivity index (χ4n) is 2.50. The highest BCUT2D eigenvalue weighted by atomic mass is 32.2. The highest BCUT2D eigenvalue weighted by molar-refractivity contribution is 7.89. The number of nitrogens with two attached hydrogens (primary N) is 1. The van der Waals surface area contributed by atoms with Crippen LogP contribution in [0.2, 0.25) is 0 Å². The molecular weight excluding hydrogens is 274 g/mol. The minimum absolute atomic E-state index is 0.00660. The molecule has 1 aromatic rings. The SMILES string of the molecule is NCC1(Nc2ccc(S(=O)(=O)NC3CC3)cc2)CCC1. The van der Waals surface area contributed by atoms with E-state index in [2.05, 4.69) is 10.0 Å². The first-order valence-corrected chi connectivity index (χ1v) is 8.62. The Labute approximate surface area is 120 Å². The fraction of sp³-hybridized carbons (Fsp3) is 0.571. The maximum atomic E-state index is 12.1. The van der Waals surface area contributed by atoms with Crippen LogP contribution in [0.3, 0.4) is 0 Å². The second-order valence-corrected chi connectivity index (χ2v) is 7.60. The first-order valence-electron chi connectivity index (χ1n) is 7.14. The molecular formula is C14H21N3O2S. The van der Waals surface area contributed by atoms with E-state index in [0.29, 0.717) is 11.4 Å². The fourth-order valence-corrected chi connectivity index (χ4v) is 3.80.